The summed E-state index contributed by atoms with van der Waals surface area (Å²) in [4.78, 5) is 11.6. The monoisotopic (exact) mass is 293 g/mol. The van der Waals surface area contributed by atoms with Gasteiger partial charge in [0.15, 0.2) is 0 Å². The van der Waals surface area contributed by atoms with Gasteiger partial charge in [-0.3, -0.25) is 4.79 Å². The molecule has 0 fully saturated rings. The number of methoxy groups -OCH3 is 1. The van der Waals surface area contributed by atoms with Crippen LogP contribution < -0.4 is 10.1 Å². The standard InChI is InChI=1S/C17H27NO3/c1-16(2,3)18-11-13-7-9-14(10-8-13)21-12-17(4,5)15(19)20-6/h7-10,18H,11-12H2,1-6H3. The van der Waals surface area contributed by atoms with Gasteiger partial charge in [-0.2, -0.15) is 0 Å². The Morgan fingerprint density at radius 1 is 1.10 bits per heavy atom. The number of esters is 1. The SMILES string of the molecule is COC(=O)C(C)(C)COc1ccc(CNC(C)(C)C)cc1. The normalized spacial score (nSPS) is 12.1. The molecule has 0 atom stereocenters. The number of rotatable bonds is 6. The van der Waals surface area contributed by atoms with Crippen molar-refractivity contribution in [1.82, 2.24) is 5.32 Å². The van der Waals surface area contributed by atoms with Crippen LogP contribution in [0.25, 0.3) is 0 Å². The summed E-state index contributed by atoms with van der Waals surface area (Å²) < 4.78 is 10.4. The van der Waals surface area contributed by atoms with Crippen LogP contribution in [0.15, 0.2) is 24.3 Å². The molecule has 0 aromatic heterocycles. The molecule has 1 N–H and O–H groups in total. The quantitative estimate of drug-likeness (QED) is 0.819. The first kappa shape index (κ1) is 17.5. The highest BCUT2D eigenvalue weighted by Crippen LogP contribution is 2.20. The van der Waals surface area contributed by atoms with E-state index in [0.29, 0.717) is 6.61 Å². The summed E-state index contributed by atoms with van der Waals surface area (Å²) in [5, 5.41) is 3.43. The highest BCUT2D eigenvalue weighted by molar-refractivity contribution is 5.75. The largest absolute Gasteiger partial charge is 0.492 e. The van der Waals surface area contributed by atoms with E-state index in [2.05, 4.69) is 26.1 Å². The molecule has 0 spiro atoms. The summed E-state index contributed by atoms with van der Waals surface area (Å²) in [5.74, 6) is 0.486. The van der Waals surface area contributed by atoms with Crippen LogP contribution in [0, 0.1) is 5.41 Å². The summed E-state index contributed by atoms with van der Waals surface area (Å²) in [6.07, 6.45) is 0. The third-order valence-electron chi connectivity index (χ3n) is 3.08. The summed E-state index contributed by atoms with van der Waals surface area (Å²) in [5.41, 5.74) is 0.644. The fourth-order valence-electron chi connectivity index (χ4n) is 1.67. The third kappa shape index (κ3) is 6.17. The fourth-order valence-corrected chi connectivity index (χ4v) is 1.67. The molecule has 0 aliphatic carbocycles. The zero-order valence-corrected chi connectivity index (χ0v) is 13.9. The topological polar surface area (TPSA) is 47.6 Å². The van der Waals surface area contributed by atoms with Gasteiger partial charge in [0.1, 0.15) is 12.4 Å². The van der Waals surface area contributed by atoms with E-state index in [9.17, 15) is 4.79 Å². The number of carbonyl (C=O) groups is 1. The van der Waals surface area contributed by atoms with Gasteiger partial charge in [-0.1, -0.05) is 12.1 Å². The molecule has 118 valence electrons. The highest BCUT2D eigenvalue weighted by atomic mass is 16.5. The van der Waals surface area contributed by atoms with Crippen LogP contribution in [0.1, 0.15) is 40.2 Å². The van der Waals surface area contributed by atoms with Gasteiger partial charge < -0.3 is 14.8 Å². The third-order valence-corrected chi connectivity index (χ3v) is 3.08. The van der Waals surface area contributed by atoms with Crippen LogP contribution in [-0.4, -0.2) is 25.2 Å². The lowest BCUT2D eigenvalue weighted by molar-refractivity contribution is -0.152. The molecule has 0 amide bonds. The van der Waals surface area contributed by atoms with E-state index in [4.69, 9.17) is 9.47 Å². The predicted octanol–water partition coefficient (Wildman–Crippen LogP) is 3.15. The Hall–Kier alpha value is -1.55. The van der Waals surface area contributed by atoms with Gasteiger partial charge in [-0.05, 0) is 52.3 Å². The van der Waals surface area contributed by atoms with Crippen LogP contribution >= 0.6 is 0 Å². The van der Waals surface area contributed by atoms with Gasteiger partial charge >= 0.3 is 5.97 Å². The fraction of sp³-hybridized carbons (Fsp3) is 0.588. The molecule has 4 heteroatoms. The van der Waals surface area contributed by atoms with E-state index in [0.717, 1.165) is 12.3 Å². The van der Waals surface area contributed by atoms with Crippen molar-refractivity contribution in [2.24, 2.45) is 5.41 Å². The van der Waals surface area contributed by atoms with E-state index in [1.807, 2.05) is 24.3 Å². The van der Waals surface area contributed by atoms with Crippen molar-refractivity contribution in [3.8, 4) is 5.75 Å². The molecule has 0 aliphatic heterocycles. The Kier molecular flexibility index (Phi) is 5.78. The molecule has 0 unspecified atom stereocenters. The number of hydrogen-bond donors (Lipinski definition) is 1. The van der Waals surface area contributed by atoms with E-state index in [-0.39, 0.29) is 11.5 Å². The van der Waals surface area contributed by atoms with Crippen LogP contribution in [0.5, 0.6) is 5.75 Å². The Bertz CT molecular complexity index is 458. The van der Waals surface area contributed by atoms with Crippen molar-refractivity contribution in [3.63, 3.8) is 0 Å². The molecular formula is C17H27NO3. The van der Waals surface area contributed by atoms with Crippen molar-refractivity contribution in [3.05, 3.63) is 29.8 Å². The first-order chi connectivity index (χ1) is 9.64. The molecule has 4 nitrogen and oxygen atoms in total. The van der Waals surface area contributed by atoms with Crippen LogP contribution in [0.2, 0.25) is 0 Å². The summed E-state index contributed by atoms with van der Waals surface area (Å²) in [7, 11) is 1.39. The van der Waals surface area contributed by atoms with Crippen molar-refractivity contribution in [1.29, 1.82) is 0 Å². The molecule has 0 heterocycles. The molecule has 1 rings (SSSR count). The second kappa shape index (κ2) is 6.94. The minimum absolute atomic E-state index is 0.0969. The van der Waals surface area contributed by atoms with Crippen LogP contribution in [0.4, 0.5) is 0 Å². The first-order valence-electron chi connectivity index (χ1n) is 7.19. The van der Waals surface area contributed by atoms with Crippen LogP contribution in [0.3, 0.4) is 0 Å². The van der Waals surface area contributed by atoms with Crippen molar-refractivity contribution >= 4 is 5.97 Å². The van der Waals surface area contributed by atoms with Gasteiger partial charge in [0.25, 0.3) is 0 Å². The van der Waals surface area contributed by atoms with E-state index >= 15 is 0 Å². The minimum Gasteiger partial charge on any atom is -0.492 e. The molecule has 0 saturated heterocycles. The Balaban J connectivity index is 2.53. The molecule has 0 bridgehead atoms. The average molecular weight is 293 g/mol. The number of benzene rings is 1. The summed E-state index contributed by atoms with van der Waals surface area (Å²) in [6.45, 7) is 11.1. The van der Waals surface area contributed by atoms with Crippen molar-refractivity contribution in [2.75, 3.05) is 13.7 Å². The van der Waals surface area contributed by atoms with Gasteiger partial charge in [0.05, 0.1) is 12.5 Å². The molecule has 0 aliphatic rings. The van der Waals surface area contributed by atoms with Crippen molar-refractivity contribution in [2.45, 2.75) is 46.7 Å². The molecule has 0 radical (unpaired) electrons. The lowest BCUT2D eigenvalue weighted by Crippen LogP contribution is -2.35. The summed E-state index contributed by atoms with van der Waals surface area (Å²) in [6, 6.07) is 7.90. The number of carbonyl (C=O) groups excluding carboxylic acids is 1. The highest BCUT2D eigenvalue weighted by Gasteiger charge is 2.29. The Labute approximate surface area is 127 Å². The lowest BCUT2D eigenvalue weighted by Gasteiger charge is -2.22. The average Bonchev–Trinajstić information content (AvgIpc) is 2.42. The molecule has 1 aromatic carbocycles. The predicted molar refractivity (Wildman–Crippen MR) is 84.3 cm³/mol. The maximum Gasteiger partial charge on any atom is 0.314 e. The van der Waals surface area contributed by atoms with Crippen molar-refractivity contribution < 1.29 is 14.3 Å². The Morgan fingerprint density at radius 2 is 1.67 bits per heavy atom. The molecule has 21 heavy (non-hydrogen) atoms. The number of hydrogen-bond acceptors (Lipinski definition) is 4. The maximum atomic E-state index is 11.6. The number of nitrogens with one attached hydrogen (secondary N) is 1. The molecular weight excluding hydrogens is 266 g/mol. The van der Waals surface area contributed by atoms with Gasteiger partial charge in [-0.15, -0.1) is 0 Å². The second-order valence-electron chi connectivity index (χ2n) is 6.91. The van der Waals surface area contributed by atoms with Gasteiger partial charge in [0, 0.05) is 12.1 Å². The Morgan fingerprint density at radius 3 is 2.14 bits per heavy atom. The maximum absolute atomic E-state index is 11.6. The molecule has 0 saturated carbocycles. The van der Waals surface area contributed by atoms with E-state index in [1.165, 1.54) is 12.7 Å². The second-order valence-corrected chi connectivity index (χ2v) is 6.91. The lowest BCUT2D eigenvalue weighted by atomic mass is 9.95. The van der Waals surface area contributed by atoms with E-state index in [1.54, 1.807) is 13.8 Å². The smallest absolute Gasteiger partial charge is 0.314 e. The zero-order chi connectivity index (χ0) is 16.1. The first-order valence-corrected chi connectivity index (χ1v) is 7.19. The minimum atomic E-state index is -0.652. The van der Waals surface area contributed by atoms with Gasteiger partial charge in [0.2, 0.25) is 0 Å². The van der Waals surface area contributed by atoms with E-state index < -0.39 is 5.41 Å². The van der Waals surface area contributed by atoms with Crippen LogP contribution in [-0.2, 0) is 16.1 Å². The summed E-state index contributed by atoms with van der Waals surface area (Å²) >= 11 is 0. The zero-order valence-electron chi connectivity index (χ0n) is 13.9. The number of ether oxygens (including phenoxy) is 2. The van der Waals surface area contributed by atoms with Gasteiger partial charge in [-0.25, -0.2) is 0 Å². The molecule has 1 aromatic rings.